The Morgan fingerprint density at radius 1 is 1.21 bits per heavy atom. The lowest BCUT2D eigenvalue weighted by molar-refractivity contribution is -0.149. The lowest BCUT2D eigenvalue weighted by Crippen LogP contribution is -2.14. The van der Waals surface area contributed by atoms with Gasteiger partial charge in [-0.15, -0.1) is 0 Å². The maximum absolute atomic E-state index is 13.1. The first-order valence-electron chi connectivity index (χ1n) is 11.3. The summed E-state index contributed by atoms with van der Waals surface area (Å²) in [6.45, 7) is -5.96. The van der Waals surface area contributed by atoms with E-state index in [0.29, 0.717) is 20.5 Å². The maximum atomic E-state index is 13.1. The third-order valence-corrected chi connectivity index (χ3v) is 4.85. The van der Waals surface area contributed by atoms with E-state index in [1.807, 2.05) is 12.1 Å². The Hall–Kier alpha value is -2.10. The lowest BCUT2D eigenvalue weighted by Gasteiger charge is -2.13. The SMILES string of the molecule is [2H]C([2H])([2H])C1(C([2H])([2H])[2H])[C@H](C(=O)O[C@H](C#N)c2cccc(Oc3ccccc3)c2)[C@@H]1C=C(Br)Br. The number of allylic oxidation sites excluding steroid dienone is 1. The molecule has 2 aromatic rings. The van der Waals surface area contributed by atoms with Crippen molar-refractivity contribution in [1.29, 1.82) is 5.26 Å². The van der Waals surface area contributed by atoms with Gasteiger partial charge >= 0.3 is 5.97 Å². The van der Waals surface area contributed by atoms with Gasteiger partial charge in [-0.25, -0.2) is 0 Å². The van der Waals surface area contributed by atoms with Crippen LogP contribution in [0.15, 0.2) is 64.1 Å². The van der Waals surface area contributed by atoms with Gasteiger partial charge in [0.1, 0.15) is 17.6 Å². The average molecular weight is 511 g/mol. The molecule has 1 aliphatic rings. The number of nitriles is 1. The number of carbonyl (C=O) groups excluding carboxylic acids is 1. The van der Waals surface area contributed by atoms with Crippen molar-refractivity contribution >= 4 is 37.8 Å². The van der Waals surface area contributed by atoms with Crippen LogP contribution in [-0.2, 0) is 9.53 Å². The minimum atomic E-state index is -2.98. The van der Waals surface area contributed by atoms with Crippen molar-refractivity contribution in [2.24, 2.45) is 17.3 Å². The highest BCUT2D eigenvalue weighted by Crippen LogP contribution is 2.60. The molecule has 1 fully saturated rings. The van der Waals surface area contributed by atoms with Crippen molar-refractivity contribution in [2.45, 2.75) is 19.8 Å². The largest absolute Gasteiger partial charge is 0.457 e. The van der Waals surface area contributed by atoms with Gasteiger partial charge in [0.25, 0.3) is 0 Å². The van der Waals surface area contributed by atoms with E-state index in [2.05, 4.69) is 31.9 Å². The van der Waals surface area contributed by atoms with Gasteiger partial charge in [-0.1, -0.05) is 50.1 Å². The van der Waals surface area contributed by atoms with Crippen molar-refractivity contribution in [1.82, 2.24) is 0 Å². The third kappa shape index (κ3) is 4.65. The van der Waals surface area contributed by atoms with Crippen LogP contribution in [0.1, 0.15) is 33.6 Å². The van der Waals surface area contributed by atoms with Crippen LogP contribution < -0.4 is 4.74 Å². The predicted octanol–water partition coefficient (Wildman–Crippen LogP) is 6.49. The Morgan fingerprint density at radius 3 is 2.57 bits per heavy atom. The van der Waals surface area contributed by atoms with Crippen molar-refractivity contribution < 1.29 is 22.5 Å². The molecule has 2 aromatic carbocycles. The molecule has 1 aliphatic carbocycles. The number of para-hydroxylation sites is 1. The molecule has 28 heavy (non-hydrogen) atoms. The summed E-state index contributed by atoms with van der Waals surface area (Å²) in [7, 11) is 0. The van der Waals surface area contributed by atoms with E-state index >= 15 is 0 Å². The number of hydrogen-bond donors (Lipinski definition) is 0. The van der Waals surface area contributed by atoms with Gasteiger partial charge in [0, 0.05) is 13.8 Å². The van der Waals surface area contributed by atoms with Gasteiger partial charge in [0.2, 0.25) is 6.10 Å². The van der Waals surface area contributed by atoms with Gasteiger partial charge in [-0.05, 0) is 67.5 Å². The molecule has 4 nitrogen and oxygen atoms in total. The fourth-order valence-corrected chi connectivity index (χ4v) is 3.40. The highest BCUT2D eigenvalue weighted by atomic mass is 79.9. The first kappa shape index (κ1) is 14.0. The fraction of sp³-hybridized carbons (Fsp3) is 0.273. The molecule has 0 bridgehead atoms. The average Bonchev–Trinajstić information content (AvgIpc) is 3.42. The van der Waals surface area contributed by atoms with Gasteiger partial charge in [-0.3, -0.25) is 4.79 Å². The Balaban J connectivity index is 1.88. The minimum absolute atomic E-state index is 0.298. The molecule has 0 heterocycles. The van der Waals surface area contributed by atoms with Gasteiger partial charge in [0.05, 0.1) is 9.31 Å². The standard InChI is InChI=1S/C22H19Br2NO3/c1-22(2)17(12-19(23)24)20(22)21(26)28-18(13-25)14-7-6-10-16(11-14)27-15-8-4-3-5-9-15/h3-12,17-18,20H,1-2H3/t17-,18+,20-/m0/s1/i1D3,2D3. The van der Waals surface area contributed by atoms with Crippen LogP contribution in [0.5, 0.6) is 11.5 Å². The molecule has 6 heteroatoms. The highest BCUT2D eigenvalue weighted by molar-refractivity contribution is 9.28. The molecular formula is C22H19Br2NO3. The second kappa shape index (κ2) is 8.50. The number of rotatable bonds is 6. The molecular weight excluding hydrogens is 486 g/mol. The van der Waals surface area contributed by atoms with E-state index in [0.717, 1.165) is 0 Å². The third-order valence-electron chi connectivity index (χ3n) is 4.32. The van der Waals surface area contributed by atoms with E-state index in [4.69, 9.17) is 17.7 Å². The van der Waals surface area contributed by atoms with Gasteiger partial charge in [0.15, 0.2) is 0 Å². The summed E-state index contributed by atoms with van der Waals surface area (Å²) in [6, 6.07) is 17.2. The van der Waals surface area contributed by atoms with Gasteiger partial charge in [-0.2, -0.15) is 5.26 Å². The fourth-order valence-electron chi connectivity index (χ4n) is 2.83. The van der Waals surface area contributed by atoms with Crippen molar-refractivity contribution in [2.75, 3.05) is 0 Å². The topological polar surface area (TPSA) is 59.3 Å². The summed E-state index contributed by atoms with van der Waals surface area (Å²) < 4.78 is 58.8. The molecule has 0 N–H and O–H groups in total. The van der Waals surface area contributed by atoms with E-state index in [1.165, 1.54) is 12.1 Å². The highest BCUT2D eigenvalue weighted by Gasteiger charge is 2.61. The normalized spacial score (nSPS) is 24.5. The summed E-state index contributed by atoms with van der Waals surface area (Å²) in [4.78, 5) is 13.1. The van der Waals surface area contributed by atoms with Crippen LogP contribution in [0.4, 0.5) is 0 Å². The monoisotopic (exact) mass is 509 g/mol. The second-order valence-electron chi connectivity index (χ2n) is 6.26. The van der Waals surface area contributed by atoms with E-state index < -0.39 is 43.0 Å². The van der Waals surface area contributed by atoms with Crippen LogP contribution in [0.2, 0.25) is 0 Å². The first-order valence-corrected chi connectivity index (χ1v) is 9.87. The Labute approximate surface area is 189 Å². The van der Waals surface area contributed by atoms with E-state index in [-0.39, 0.29) is 0 Å². The van der Waals surface area contributed by atoms with Crippen molar-refractivity contribution in [3.63, 3.8) is 0 Å². The zero-order valence-electron chi connectivity index (χ0n) is 20.4. The molecule has 0 amide bonds. The van der Waals surface area contributed by atoms with Gasteiger partial charge < -0.3 is 9.47 Å². The van der Waals surface area contributed by atoms with Crippen LogP contribution in [0, 0.1) is 28.6 Å². The maximum Gasteiger partial charge on any atom is 0.311 e. The van der Waals surface area contributed by atoms with E-state index in [9.17, 15) is 10.1 Å². The van der Waals surface area contributed by atoms with Crippen LogP contribution in [0.25, 0.3) is 0 Å². The Kier molecular flexibility index (Phi) is 4.24. The Morgan fingerprint density at radius 2 is 1.93 bits per heavy atom. The minimum Gasteiger partial charge on any atom is -0.457 e. The molecule has 0 saturated heterocycles. The molecule has 0 spiro atoms. The number of carbonyl (C=O) groups is 1. The molecule has 0 aromatic heterocycles. The molecule has 0 aliphatic heterocycles. The van der Waals surface area contributed by atoms with Crippen LogP contribution in [0.3, 0.4) is 0 Å². The Bertz CT molecular complexity index is 1110. The van der Waals surface area contributed by atoms with Crippen molar-refractivity contribution in [3.05, 3.63) is 69.6 Å². The zero-order valence-corrected chi connectivity index (χ0v) is 17.6. The lowest BCUT2D eigenvalue weighted by atomic mass is 10.1. The molecule has 1 saturated carbocycles. The second-order valence-corrected chi connectivity index (χ2v) is 9.04. The summed E-state index contributed by atoms with van der Waals surface area (Å²) in [5.41, 5.74) is -2.03. The summed E-state index contributed by atoms with van der Waals surface area (Å²) >= 11 is 6.21. The van der Waals surface area contributed by atoms with Crippen LogP contribution in [-0.4, -0.2) is 5.97 Å². The molecule has 3 atom stereocenters. The number of esters is 1. The number of nitrogens with zero attached hydrogens (tertiary/aromatic N) is 1. The number of halogens is 2. The zero-order chi connectivity index (χ0) is 25.3. The summed E-state index contributed by atoms with van der Waals surface area (Å²) in [5, 5.41) is 9.66. The van der Waals surface area contributed by atoms with Crippen LogP contribution >= 0.6 is 31.9 Å². The van der Waals surface area contributed by atoms with E-state index in [1.54, 1.807) is 42.5 Å². The number of ether oxygens (including phenoxy) is 2. The number of benzene rings is 2. The molecule has 144 valence electrons. The summed E-state index contributed by atoms with van der Waals surface area (Å²) in [6.07, 6.45) is -0.0734. The quantitative estimate of drug-likeness (QED) is 0.416. The molecule has 0 radical (unpaired) electrons. The first-order chi connectivity index (χ1) is 15.8. The predicted molar refractivity (Wildman–Crippen MR) is 114 cm³/mol. The number of hydrogen-bond acceptors (Lipinski definition) is 4. The smallest absolute Gasteiger partial charge is 0.311 e. The molecule has 3 rings (SSSR count). The molecule has 0 unspecified atom stereocenters. The summed E-state index contributed by atoms with van der Waals surface area (Å²) in [5.74, 6) is -2.75. The van der Waals surface area contributed by atoms with Crippen molar-refractivity contribution in [3.8, 4) is 17.6 Å².